The van der Waals surface area contributed by atoms with E-state index >= 15 is 0 Å². The summed E-state index contributed by atoms with van der Waals surface area (Å²) in [4.78, 5) is 11.6. The molecular formula is C14H28N2O2. The molecule has 0 aromatic rings. The van der Waals surface area contributed by atoms with Crippen LogP contribution in [0, 0.1) is 11.8 Å². The largest absolute Gasteiger partial charge is 0.379 e. The zero-order valence-electron chi connectivity index (χ0n) is 11.8. The maximum Gasteiger partial charge on any atom is 0.220 e. The zero-order chi connectivity index (χ0) is 13.8. The lowest BCUT2D eigenvalue weighted by Gasteiger charge is -2.16. The number of nitrogens with one attached hydrogen (secondary N) is 1. The first-order valence-electron chi connectivity index (χ1n) is 6.75. The Morgan fingerprint density at radius 2 is 2.17 bits per heavy atom. The number of ether oxygens (including phenoxy) is 1. The second kappa shape index (κ2) is 11.2. The fourth-order valence-electron chi connectivity index (χ4n) is 1.80. The SMILES string of the molecule is C=CCCOCCNC(=O)CC(CN)CC(C)C. The topological polar surface area (TPSA) is 64.3 Å². The molecule has 18 heavy (non-hydrogen) atoms. The van der Waals surface area contributed by atoms with E-state index in [0.717, 1.165) is 12.8 Å². The Labute approximate surface area is 111 Å². The number of hydrogen-bond acceptors (Lipinski definition) is 3. The zero-order valence-corrected chi connectivity index (χ0v) is 11.8. The smallest absolute Gasteiger partial charge is 0.220 e. The van der Waals surface area contributed by atoms with E-state index in [-0.39, 0.29) is 11.8 Å². The molecule has 1 atom stereocenters. The van der Waals surface area contributed by atoms with Crippen LogP contribution < -0.4 is 11.1 Å². The van der Waals surface area contributed by atoms with Gasteiger partial charge >= 0.3 is 0 Å². The van der Waals surface area contributed by atoms with Crippen molar-refractivity contribution >= 4 is 5.91 Å². The number of carbonyl (C=O) groups excluding carboxylic acids is 1. The van der Waals surface area contributed by atoms with E-state index in [4.69, 9.17) is 10.5 Å². The van der Waals surface area contributed by atoms with Gasteiger partial charge in [-0.1, -0.05) is 19.9 Å². The van der Waals surface area contributed by atoms with Crippen LogP contribution in [-0.4, -0.2) is 32.2 Å². The molecule has 0 bridgehead atoms. The van der Waals surface area contributed by atoms with Crippen molar-refractivity contribution in [3.8, 4) is 0 Å². The van der Waals surface area contributed by atoms with Gasteiger partial charge in [-0.15, -0.1) is 6.58 Å². The van der Waals surface area contributed by atoms with Crippen LogP contribution in [0.3, 0.4) is 0 Å². The predicted octanol–water partition coefficient (Wildman–Crippen LogP) is 1.71. The van der Waals surface area contributed by atoms with E-state index in [9.17, 15) is 4.79 Å². The minimum atomic E-state index is 0.0680. The van der Waals surface area contributed by atoms with E-state index < -0.39 is 0 Å². The van der Waals surface area contributed by atoms with Gasteiger partial charge in [-0.25, -0.2) is 0 Å². The van der Waals surface area contributed by atoms with Crippen molar-refractivity contribution in [3.63, 3.8) is 0 Å². The second-order valence-corrected chi connectivity index (χ2v) is 4.98. The molecule has 0 aliphatic carbocycles. The van der Waals surface area contributed by atoms with Crippen molar-refractivity contribution in [1.29, 1.82) is 0 Å². The number of amides is 1. The van der Waals surface area contributed by atoms with Crippen LogP contribution in [0.1, 0.15) is 33.1 Å². The van der Waals surface area contributed by atoms with Gasteiger partial charge in [0.1, 0.15) is 0 Å². The molecule has 0 rings (SSSR count). The van der Waals surface area contributed by atoms with Gasteiger partial charge in [-0.2, -0.15) is 0 Å². The van der Waals surface area contributed by atoms with E-state index in [2.05, 4.69) is 25.7 Å². The van der Waals surface area contributed by atoms with Crippen molar-refractivity contribution in [1.82, 2.24) is 5.32 Å². The highest BCUT2D eigenvalue weighted by atomic mass is 16.5. The minimum Gasteiger partial charge on any atom is -0.379 e. The number of rotatable bonds is 11. The molecule has 0 aromatic heterocycles. The maximum atomic E-state index is 11.6. The Kier molecular flexibility index (Phi) is 10.7. The lowest BCUT2D eigenvalue weighted by Crippen LogP contribution is -2.31. The molecule has 1 unspecified atom stereocenters. The second-order valence-electron chi connectivity index (χ2n) is 4.98. The molecule has 106 valence electrons. The molecule has 0 aliphatic rings. The summed E-state index contributed by atoms with van der Waals surface area (Å²) in [6.07, 6.45) is 4.18. The average molecular weight is 256 g/mol. The third-order valence-corrected chi connectivity index (χ3v) is 2.65. The van der Waals surface area contributed by atoms with Gasteiger partial charge in [0, 0.05) is 13.0 Å². The van der Waals surface area contributed by atoms with E-state index in [1.807, 2.05) is 6.08 Å². The number of nitrogens with two attached hydrogens (primary N) is 1. The summed E-state index contributed by atoms with van der Waals surface area (Å²) in [5.74, 6) is 0.929. The summed E-state index contributed by atoms with van der Waals surface area (Å²) in [6.45, 7) is 10.3. The van der Waals surface area contributed by atoms with Crippen molar-refractivity contribution in [3.05, 3.63) is 12.7 Å². The monoisotopic (exact) mass is 256 g/mol. The summed E-state index contributed by atoms with van der Waals surface area (Å²) in [6, 6.07) is 0. The maximum absolute atomic E-state index is 11.6. The summed E-state index contributed by atoms with van der Waals surface area (Å²) in [5, 5.41) is 2.85. The molecule has 0 fully saturated rings. The van der Waals surface area contributed by atoms with Crippen LogP contribution in [-0.2, 0) is 9.53 Å². The van der Waals surface area contributed by atoms with Crippen LogP contribution in [0.5, 0.6) is 0 Å². The molecule has 4 nitrogen and oxygen atoms in total. The average Bonchev–Trinajstić information content (AvgIpc) is 2.32. The first-order valence-corrected chi connectivity index (χ1v) is 6.75. The van der Waals surface area contributed by atoms with Gasteiger partial charge in [0.25, 0.3) is 0 Å². The highest BCUT2D eigenvalue weighted by Crippen LogP contribution is 2.13. The normalized spacial score (nSPS) is 12.4. The van der Waals surface area contributed by atoms with Gasteiger partial charge in [-0.05, 0) is 31.2 Å². The summed E-state index contributed by atoms with van der Waals surface area (Å²) < 4.78 is 5.31. The molecule has 0 spiro atoms. The first kappa shape index (κ1) is 17.1. The fraction of sp³-hybridized carbons (Fsp3) is 0.786. The summed E-state index contributed by atoms with van der Waals surface area (Å²) >= 11 is 0. The molecule has 0 saturated carbocycles. The van der Waals surface area contributed by atoms with Crippen molar-refractivity contribution in [2.75, 3.05) is 26.3 Å². The fourth-order valence-corrected chi connectivity index (χ4v) is 1.80. The molecule has 0 aliphatic heterocycles. The number of hydrogen-bond donors (Lipinski definition) is 2. The van der Waals surface area contributed by atoms with Crippen LogP contribution in [0.25, 0.3) is 0 Å². The van der Waals surface area contributed by atoms with Crippen LogP contribution in [0.15, 0.2) is 12.7 Å². The molecule has 0 saturated heterocycles. The van der Waals surface area contributed by atoms with E-state index in [1.54, 1.807) is 0 Å². The Balaban J connectivity index is 3.59. The van der Waals surface area contributed by atoms with Gasteiger partial charge in [-0.3, -0.25) is 4.79 Å². The Morgan fingerprint density at radius 3 is 2.72 bits per heavy atom. The van der Waals surface area contributed by atoms with Crippen LogP contribution >= 0.6 is 0 Å². The quantitative estimate of drug-likeness (QED) is 0.437. The van der Waals surface area contributed by atoms with E-state index in [0.29, 0.717) is 38.6 Å². The Bertz CT molecular complexity index is 230. The summed E-state index contributed by atoms with van der Waals surface area (Å²) in [5.41, 5.74) is 5.66. The number of carbonyl (C=O) groups is 1. The highest BCUT2D eigenvalue weighted by molar-refractivity contribution is 5.76. The molecule has 0 heterocycles. The Hall–Kier alpha value is -0.870. The van der Waals surface area contributed by atoms with Gasteiger partial charge in [0.05, 0.1) is 13.2 Å². The lowest BCUT2D eigenvalue weighted by molar-refractivity contribution is -0.122. The molecule has 3 N–H and O–H groups in total. The molecular weight excluding hydrogens is 228 g/mol. The third kappa shape index (κ3) is 10.3. The highest BCUT2D eigenvalue weighted by Gasteiger charge is 2.13. The lowest BCUT2D eigenvalue weighted by atomic mass is 9.94. The molecule has 0 aromatic carbocycles. The van der Waals surface area contributed by atoms with Crippen LogP contribution in [0.2, 0.25) is 0 Å². The first-order chi connectivity index (χ1) is 8.60. The molecule has 4 heteroatoms. The third-order valence-electron chi connectivity index (χ3n) is 2.65. The van der Waals surface area contributed by atoms with Gasteiger partial charge in [0.2, 0.25) is 5.91 Å². The van der Waals surface area contributed by atoms with Crippen molar-refractivity contribution in [2.24, 2.45) is 17.6 Å². The van der Waals surface area contributed by atoms with Crippen molar-refractivity contribution < 1.29 is 9.53 Å². The van der Waals surface area contributed by atoms with Gasteiger partial charge < -0.3 is 15.8 Å². The Morgan fingerprint density at radius 1 is 1.44 bits per heavy atom. The van der Waals surface area contributed by atoms with Crippen LogP contribution in [0.4, 0.5) is 0 Å². The minimum absolute atomic E-state index is 0.0680. The van der Waals surface area contributed by atoms with Gasteiger partial charge in [0.15, 0.2) is 0 Å². The summed E-state index contributed by atoms with van der Waals surface area (Å²) in [7, 11) is 0. The van der Waals surface area contributed by atoms with Crippen molar-refractivity contribution in [2.45, 2.75) is 33.1 Å². The molecule has 0 radical (unpaired) electrons. The standard InChI is InChI=1S/C14H28N2O2/c1-4-5-7-18-8-6-16-14(17)10-13(11-15)9-12(2)3/h4,12-13H,1,5-11,15H2,2-3H3,(H,16,17). The molecule has 1 amide bonds. The van der Waals surface area contributed by atoms with E-state index in [1.165, 1.54) is 0 Å². The predicted molar refractivity (Wildman–Crippen MR) is 75.3 cm³/mol.